The van der Waals surface area contributed by atoms with Gasteiger partial charge in [0.05, 0.1) is 5.60 Å². The van der Waals surface area contributed by atoms with Crippen molar-refractivity contribution in [3.05, 3.63) is 29.6 Å². The number of aliphatic hydroxyl groups is 1. The smallest absolute Gasteiger partial charge is 0.0872 e. The Labute approximate surface area is 72.3 Å². The summed E-state index contributed by atoms with van der Waals surface area (Å²) in [7, 11) is 0. The summed E-state index contributed by atoms with van der Waals surface area (Å²) in [6, 6.07) is 1.93. The van der Waals surface area contributed by atoms with Gasteiger partial charge in [-0.1, -0.05) is 0 Å². The lowest BCUT2D eigenvalue weighted by Gasteiger charge is -2.30. The predicted molar refractivity (Wildman–Crippen MR) is 46.7 cm³/mol. The van der Waals surface area contributed by atoms with Crippen LogP contribution >= 0.6 is 0 Å². The molecule has 0 aliphatic heterocycles. The molecule has 64 valence electrons. The lowest BCUT2D eigenvalue weighted by molar-refractivity contribution is 0.0386. The molecule has 1 aliphatic carbocycles. The van der Waals surface area contributed by atoms with Gasteiger partial charge in [-0.25, -0.2) is 0 Å². The zero-order valence-electron chi connectivity index (χ0n) is 7.25. The summed E-state index contributed by atoms with van der Waals surface area (Å²) in [5, 5.41) is 10.00. The van der Waals surface area contributed by atoms with Crippen LogP contribution in [-0.4, -0.2) is 10.1 Å². The third-order valence-corrected chi connectivity index (χ3v) is 2.59. The molecule has 0 aromatic carbocycles. The Morgan fingerprint density at radius 1 is 1.58 bits per heavy atom. The Kier molecular flexibility index (Phi) is 1.65. The van der Waals surface area contributed by atoms with Gasteiger partial charge in [-0.15, -0.1) is 0 Å². The molecule has 12 heavy (non-hydrogen) atoms. The second-order valence-corrected chi connectivity index (χ2v) is 3.66. The third-order valence-electron chi connectivity index (χ3n) is 2.59. The zero-order valence-corrected chi connectivity index (χ0v) is 7.25. The number of hydrogen-bond acceptors (Lipinski definition) is 2. The van der Waals surface area contributed by atoms with Crippen LogP contribution < -0.4 is 0 Å². The average Bonchev–Trinajstić information content (AvgIpc) is 2.04. The van der Waals surface area contributed by atoms with Crippen molar-refractivity contribution in [2.45, 2.75) is 31.8 Å². The van der Waals surface area contributed by atoms with Crippen LogP contribution in [0.5, 0.6) is 0 Å². The normalized spacial score (nSPS) is 28.2. The predicted octanol–water partition coefficient (Wildman–Crippen LogP) is 1.63. The van der Waals surface area contributed by atoms with Crippen molar-refractivity contribution >= 4 is 0 Å². The fraction of sp³-hybridized carbons (Fsp3) is 0.500. The number of pyridine rings is 1. The number of fused-ring (bicyclic) bond motifs is 1. The Morgan fingerprint density at radius 3 is 3.17 bits per heavy atom. The van der Waals surface area contributed by atoms with Crippen LogP contribution in [0.15, 0.2) is 18.5 Å². The number of aromatic nitrogens is 1. The second kappa shape index (κ2) is 2.56. The van der Waals surface area contributed by atoms with Crippen molar-refractivity contribution in [3.63, 3.8) is 0 Å². The van der Waals surface area contributed by atoms with Gasteiger partial charge in [-0.05, 0) is 43.4 Å². The molecular formula is C10H13NO. The molecule has 0 bridgehead atoms. The van der Waals surface area contributed by atoms with Crippen molar-refractivity contribution in [1.29, 1.82) is 0 Å². The molecule has 1 aromatic heterocycles. The van der Waals surface area contributed by atoms with Crippen molar-refractivity contribution < 1.29 is 5.11 Å². The molecule has 1 atom stereocenters. The molecule has 0 saturated carbocycles. The summed E-state index contributed by atoms with van der Waals surface area (Å²) in [5.41, 5.74) is 1.63. The molecule has 2 nitrogen and oxygen atoms in total. The van der Waals surface area contributed by atoms with Crippen molar-refractivity contribution in [2.24, 2.45) is 0 Å². The van der Waals surface area contributed by atoms with E-state index in [0.717, 1.165) is 24.8 Å². The maximum Gasteiger partial charge on any atom is 0.0872 e. The van der Waals surface area contributed by atoms with Gasteiger partial charge in [0.25, 0.3) is 0 Å². The number of hydrogen-bond donors (Lipinski definition) is 1. The maximum absolute atomic E-state index is 10.00. The first-order chi connectivity index (χ1) is 5.70. The van der Waals surface area contributed by atoms with E-state index in [4.69, 9.17) is 0 Å². The summed E-state index contributed by atoms with van der Waals surface area (Å²) < 4.78 is 0. The van der Waals surface area contributed by atoms with E-state index in [1.54, 1.807) is 6.20 Å². The summed E-state index contributed by atoms with van der Waals surface area (Å²) in [5.74, 6) is 0. The van der Waals surface area contributed by atoms with Crippen LogP contribution in [0.2, 0.25) is 0 Å². The highest BCUT2D eigenvalue weighted by atomic mass is 16.3. The van der Waals surface area contributed by atoms with E-state index in [0.29, 0.717) is 0 Å². The summed E-state index contributed by atoms with van der Waals surface area (Å²) in [6.07, 6.45) is 6.59. The standard InChI is InChI=1S/C10H13NO/c1-10(12)5-2-3-8-7-11-6-4-9(8)10/h4,6-7,12H,2-3,5H2,1H3. The first-order valence-electron chi connectivity index (χ1n) is 4.36. The molecule has 0 saturated heterocycles. The number of nitrogens with zero attached hydrogens (tertiary/aromatic N) is 1. The summed E-state index contributed by atoms with van der Waals surface area (Å²) in [6.45, 7) is 1.88. The van der Waals surface area contributed by atoms with Gasteiger partial charge in [0.2, 0.25) is 0 Å². The molecule has 1 heterocycles. The Hall–Kier alpha value is -0.890. The van der Waals surface area contributed by atoms with E-state index >= 15 is 0 Å². The maximum atomic E-state index is 10.00. The van der Waals surface area contributed by atoms with Crippen molar-refractivity contribution in [1.82, 2.24) is 4.98 Å². The zero-order chi connectivity index (χ0) is 8.60. The van der Waals surface area contributed by atoms with Crippen LogP contribution in [-0.2, 0) is 12.0 Å². The fourth-order valence-corrected chi connectivity index (χ4v) is 1.91. The van der Waals surface area contributed by atoms with Gasteiger partial charge in [0.15, 0.2) is 0 Å². The number of rotatable bonds is 0. The molecule has 2 rings (SSSR count). The van der Waals surface area contributed by atoms with Gasteiger partial charge in [0.1, 0.15) is 0 Å². The number of aryl methyl sites for hydroxylation is 1. The van der Waals surface area contributed by atoms with E-state index < -0.39 is 5.60 Å². The monoisotopic (exact) mass is 163 g/mol. The van der Waals surface area contributed by atoms with Crippen LogP contribution in [0.25, 0.3) is 0 Å². The van der Waals surface area contributed by atoms with Crippen LogP contribution in [0.1, 0.15) is 30.9 Å². The highest BCUT2D eigenvalue weighted by molar-refractivity contribution is 5.31. The molecular weight excluding hydrogens is 150 g/mol. The SMILES string of the molecule is CC1(O)CCCc2cnccc21. The minimum absolute atomic E-state index is 0.628. The molecule has 1 N–H and O–H groups in total. The lowest BCUT2D eigenvalue weighted by atomic mass is 9.81. The summed E-state index contributed by atoms with van der Waals surface area (Å²) in [4.78, 5) is 4.05. The largest absolute Gasteiger partial charge is 0.385 e. The molecule has 0 amide bonds. The Balaban J connectivity index is 2.52. The van der Waals surface area contributed by atoms with Gasteiger partial charge in [-0.2, -0.15) is 0 Å². The minimum atomic E-state index is -0.628. The van der Waals surface area contributed by atoms with Gasteiger partial charge in [-0.3, -0.25) is 4.98 Å². The third kappa shape index (κ3) is 1.12. The van der Waals surface area contributed by atoms with E-state index in [1.807, 2.05) is 19.2 Å². The second-order valence-electron chi connectivity index (χ2n) is 3.66. The molecule has 1 aromatic rings. The molecule has 0 spiro atoms. The van der Waals surface area contributed by atoms with E-state index in [9.17, 15) is 5.11 Å². The van der Waals surface area contributed by atoms with Crippen LogP contribution in [0.4, 0.5) is 0 Å². The van der Waals surface area contributed by atoms with Gasteiger partial charge >= 0.3 is 0 Å². The molecule has 2 heteroatoms. The molecule has 1 aliphatic rings. The van der Waals surface area contributed by atoms with Crippen LogP contribution in [0, 0.1) is 0 Å². The van der Waals surface area contributed by atoms with E-state index in [2.05, 4.69) is 4.98 Å². The molecule has 0 fully saturated rings. The first kappa shape index (κ1) is 7.74. The Morgan fingerprint density at radius 2 is 2.42 bits per heavy atom. The average molecular weight is 163 g/mol. The van der Waals surface area contributed by atoms with Crippen molar-refractivity contribution in [2.75, 3.05) is 0 Å². The topological polar surface area (TPSA) is 33.1 Å². The van der Waals surface area contributed by atoms with Crippen LogP contribution in [0.3, 0.4) is 0 Å². The molecule has 0 radical (unpaired) electrons. The van der Waals surface area contributed by atoms with Gasteiger partial charge < -0.3 is 5.11 Å². The van der Waals surface area contributed by atoms with Crippen molar-refractivity contribution in [3.8, 4) is 0 Å². The lowest BCUT2D eigenvalue weighted by Crippen LogP contribution is -2.26. The Bertz CT molecular complexity index is 294. The summed E-state index contributed by atoms with van der Waals surface area (Å²) >= 11 is 0. The minimum Gasteiger partial charge on any atom is -0.385 e. The van der Waals surface area contributed by atoms with E-state index in [1.165, 1.54) is 5.56 Å². The van der Waals surface area contributed by atoms with Gasteiger partial charge in [0, 0.05) is 12.4 Å². The van der Waals surface area contributed by atoms with E-state index in [-0.39, 0.29) is 0 Å². The highest BCUT2D eigenvalue weighted by Gasteiger charge is 2.28. The first-order valence-corrected chi connectivity index (χ1v) is 4.36. The highest BCUT2D eigenvalue weighted by Crippen LogP contribution is 2.33. The molecule has 1 unspecified atom stereocenters. The fourth-order valence-electron chi connectivity index (χ4n) is 1.91. The quantitative estimate of drug-likeness (QED) is 0.630.